The van der Waals surface area contributed by atoms with Crippen molar-refractivity contribution in [1.82, 2.24) is 15.1 Å². The first-order valence-corrected chi connectivity index (χ1v) is 6.80. The molecule has 0 saturated carbocycles. The van der Waals surface area contributed by atoms with Gasteiger partial charge in [-0.1, -0.05) is 26.8 Å². The Balaban J connectivity index is 2.65. The van der Waals surface area contributed by atoms with Crippen molar-refractivity contribution >= 4 is 0 Å². The van der Waals surface area contributed by atoms with E-state index in [1.807, 2.05) is 26.4 Å². The smallest absolute Gasteiger partial charge is 0.123 e. The molecule has 0 spiro atoms. The highest BCUT2D eigenvalue weighted by atomic mass is 19.1. The Kier molecular flexibility index (Phi) is 3.95. The number of nitrogens with one attached hydrogen (secondary N) is 1. The van der Waals surface area contributed by atoms with Gasteiger partial charge in [-0.3, -0.25) is 4.68 Å². The van der Waals surface area contributed by atoms with Gasteiger partial charge in [0.25, 0.3) is 0 Å². The number of aryl methyl sites for hydroxylation is 1. The molecule has 0 amide bonds. The van der Waals surface area contributed by atoms with Crippen LogP contribution in [0.1, 0.15) is 32.0 Å². The van der Waals surface area contributed by atoms with E-state index in [4.69, 9.17) is 0 Å². The predicted octanol–water partition coefficient (Wildman–Crippen LogP) is 3.24. The van der Waals surface area contributed by atoms with Crippen LogP contribution in [0, 0.1) is 5.82 Å². The fraction of sp³-hybridized carbons (Fsp3) is 0.438. The molecule has 0 aliphatic rings. The lowest BCUT2D eigenvalue weighted by molar-refractivity contribution is 0.554. The molecule has 0 bridgehead atoms. The zero-order valence-corrected chi connectivity index (χ0v) is 12.8. The third-order valence-corrected chi connectivity index (χ3v) is 3.27. The van der Waals surface area contributed by atoms with Crippen molar-refractivity contribution in [2.24, 2.45) is 7.05 Å². The van der Waals surface area contributed by atoms with Crippen LogP contribution in [0.4, 0.5) is 4.39 Å². The lowest BCUT2D eigenvalue weighted by Crippen LogP contribution is -2.14. The van der Waals surface area contributed by atoms with E-state index in [9.17, 15) is 4.39 Å². The summed E-state index contributed by atoms with van der Waals surface area (Å²) >= 11 is 0. The Morgan fingerprint density at radius 2 is 1.95 bits per heavy atom. The zero-order valence-electron chi connectivity index (χ0n) is 12.8. The lowest BCUT2D eigenvalue weighted by Gasteiger charge is -2.19. The van der Waals surface area contributed by atoms with Crippen molar-refractivity contribution in [1.29, 1.82) is 0 Å². The summed E-state index contributed by atoms with van der Waals surface area (Å²) in [7, 11) is 3.79. The van der Waals surface area contributed by atoms with Gasteiger partial charge >= 0.3 is 0 Å². The summed E-state index contributed by atoms with van der Waals surface area (Å²) in [6, 6.07) is 4.93. The standard InChI is InChI=1S/C16H22FN3/c1-16(2,3)15-14(10-20(5)19-15)13-8-12(17)7-6-11(13)9-18-4/h6-8,10,18H,9H2,1-5H3. The molecule has 0 aliphatic carbocycles. The number of benzene rings is 1. The monoisotopic (exact) mass is 275 g/mol. The van der Waals surface area contributed by atoms with E-state index in [-0.39, 0.29) is 11.2 Å². The average Bonchev–Trinajstić information content (AvgIpc) is 2.74. The SMILES string of the molecule is CNCc1ccc(F)cc1-c1cn(C)nc1C(C)(C)C. The minimum atomic E-state index is -0.219. The molecular formula is C16H22FN3. The maximum absolute atomic E-state index is 13.7. The second kappa shape index (κ2) is 5.37. The van der Waals surface area contributed by atoms with Crippen LogP contribution in [0.15, 0.2) is 24.4 Å². The summed E-state index contributed by atoms with van der Waals surface area (Å²) in [4.78, 5) is 0. The highest BCUT2D eigenvalue weighted by Crippen LogP contribution is 2.34. The molecule has 0 fully saturated rings. The maximum Gasteiger partial charge on any atom is 0.123 e. The second-order valence-corrected chi connectivity index (χ2v) is 6.15. The van der Waals surface area contributed by atoms with Crippen LogP contribution < -0.4 is 5.32 Å². The van der Waals surface area contributed by atoms with Crippen molar-refractivity contribution in [2.45, 2.75) is 32.7 Å². The highest BCUT2D eigenvalue weighted by molar-refractivity contribution is 5.70. The van der Waals surface area contributed by atoms with E-state index < -0.39 is 0 Å². The Labute approximate surface area is 119 Å². The van der Waals surface area contributed by atoms with Gasteiger partial charge in [-0.15, -0.1) is 0 Å². The van der Waals surface area contributed by atoms with Crippen LogP contribution in [0.5, 0.6) is 0 Å². The number of hydrogen-bond donors (Lipinski definition) is 1. The zero-order chi connectivity index (χ0) is 14.9. The normalized spacial score (nSPS) is 11.9. The Morgan fingerprint density at radius 1 is 1.25 bits per heavy atom. The van der Waals surface area contributed by atoms with E-state index >= 15 is 0 Å². The molecule has 1 aromatic carbocycles. The molecule has 0 radical (unpaired) electrons. The van der Waals surface area contributed by atoms with Gasteiger partial charge in [0.2, 0.25) is 0 Å². The molecule has 0 aliphatic heterocycles. The van der Waals surface area contributed by atoms with Gasteiger partial charge in [-0.05, 0) is 30.3 Å². The van der Waals surface area contributed by atoms with Gasteiger partial charge in [0.15, 0.2) is 0 Å². The van der Waals surface area contributed by atoms with Crippen LogP contribution in [0.2, 0.25) is 0 Å². The predicted molar refractivity (Wildman–Crippen MR) is 80.1 cm³/mol. The first kappa shape index (κ1) is 14.7. The van der Waals surface area contributed by atoms with E-state index in [1.165, 1.54) is 6.07 Å². The Bertz CT molecular complexity index is 609. The Hall–Kier alpha value is -1.68. The van der Waals surface area contributed by atoms with Gasteiger partial charge < -0.3 is 5.32 Å². The van der Waals surface area contributed by atoms with E-state index in [2.05, 4.69) is 31.2 Å². The minimum absolute atomic E-state index is 0.0835. The molecule has 4 heteroatoms. The van der Waals surface area contributed by atoms with Gasteiger partial charge in [0.1, 0.15) is 5.82 Å². The van der Waals surface area contributed by atoms with Crippen LogP contribution in [-0.4, -0.2) is 16.8 Å². The number of rotatable bonds is 3. The quantitative estimate of drug-likeness (QED) is 0.932. The molecule has 2 aromatic rings. The summed E-state index contributed by atoms with van der Waals surface area (Å²) in [6.45, 7) is 7.07. The number of halogens is 1. The van der Waals surface area contributed by atoms with E-state index in [0.717, 1.165) is 22.4 Å². The third kappa shape index (κ3) is 2.90. The molecule has 1 aromatic heterocycles. The lowest BCUT2D eigenvalue weighted by atomic mass is 9.86. The number of aromatic nitrogens is 2. The summed E-state index contributed by atoms with van der Waals surface area (Å²) in [6.07, 6.45) is 1.97. The topological polar surface area (TPSA) is 29.9 Å². The largest absolute Gasteiger partial charge is 0.316 e. The molecule has 0 atom stereocenters. The van der Waals surface area contributed by atoms with Gasteiger partial charge in [0.05, 0.1) is 5.69 Å². The van der Waals surface area contributed by atoms with Crippen molar-refractivity contribution in [3.8, 4) is 11.1 Å². The summed E-state index contributed by atoms with van der Waals surface area (Å²) in [5.74, 6) is -0.219. The fourth-order valence-corrected chi connectivity index (χ4v) is 2.38. The molecule has 108 valence electrons. The maximum atomic E-state index is 13.7. The molecule has 3 nitrogen and oxygen atoms in total. The van der Waals surface area contributed by atoms with Crippen LogP contribution in [0.3, 0.4) is 0 Å². The average molecular weight is 275 g/mol. The first-order chi connectivity index (χ1) is 9.32. The van der Waals surface area contributed by atoms with Crippen molar-refractivity contribution in [3.05, 3.63) is 41.5 Å². The first-order valence-electron chi connectivity index (χ1n) is 6.80. The van der Waals surface area contributed by atoms with Gasteiger partial charge in [0, 0.05) is 30.8 Å². The van der Waals surface area contributed by atoms with Crippen molar-refractivity contribution in [3.63, 3.8) is 0 Å². The fourth-order valence-electron chi connectivity index (χ4n) is 2.38. The van der Waals surface area contributed by atoms with Crippen LogP contribution in [-0.2, 0) is 19.0 Å². The van der Waals surface area contributed by atoms with E-state index in [0.29, 0.717) is 6.54 Å². The van der Waals surface area contributed by atoms with Crippen LogP contribution in [0.25, 0.3) is 11.1 Å². The Morgan fingerprint density at radius 3 is 2.55 bits per heavy atom. The molecule has 20 heavy (non-hydrogen) atoms. The van der Waals surface area contributed by atoms with E-state index in [1.54, 1.807) is 10.7 Å². The van der Waals surface area contributed by atoms with Crippen LogP contribution >= 0.6 is 0 Å². The molecule has 1 heterocycles. The summed E-state index contributed by atoms with van der Waals surface area (Å²) < 4.78 is 15.5. The third-order valence-electron chi connectivity index (χ3n) is 3.27. The molecule has 0 unspecified atom stereocenters. The summed E-state index contributed by atoms with van der Waals surface area (Å²) in [5, 5.41) is 7.69. The van der Waals surface area contributed by atoms with Gasteiger partial charge in [-0.2, -0.15) is 5.10 Å². The number of nitrogens with zero attached hydrogens (tertiary/aromatic N) is 2. The summed E-state index contributed by atoms with van der Waals surface area (Å²) in [5.41, 5.74) is 3.90. The molecular weight excluding hydrogens is 253 g/mol. The highest BCUT2D eigenvalue weighted by Gasteiger charge is 2.24. The van der Waals surface area contributed by atoms with Gasteiger partial charge in [-0.25, -0.2) is 4.39 Å². The number of hydrogen-bond acceptors (Lipinski definition) is 2. The molecule has 0 saturated heterocycles. The second-order valence-electron chi connectivity index (χ2n) is 6.15. The molecule has 1 N–H and O–H groups in total. The van der Waals surface area contributed by atoms with Crippen molar-refractivity contribution in [2.75, 3.05) is 7.05 Å². The minimum Gasteiger partial charge on any atom is -0.316 e. The molecule has 2 rings (SSSR count). The van der Waals surface area contributed by atoms with Crippen molar-refractivity contribution < 1.29 is 4.39 Å².